The van der Waals surface area contributed by atoms with E-state index in [0.717, 1.165) is 30.3 Å². The first-order valence-electron chi connectivity index (χ1n) is 6.79. The Balaban J connectivity index is 1.53. The zero-order chi connectivity index (χ0) is 13.1. The topological polar surface area (TPSA) is 63.8 Å². The molecule has 2 aromatic heterocycles. The summed E-state index contributed by atoms with van der Waals surface area (Å²) in [6.07, 6.45) is 6.97. The van der Waals surface area contributed by atoms with E-state index in [1.807, 2.05) is 12.1 Å². The molecule has 1 unspecified atom stereocenters. The Bertz CT molecular complexity index is 521. The van der Waals surface area contributed by atoms with E-state index < -0.39 is 0 Å². The Kier molecular flexibility index (Phi) is 3.55. The van der Waals surface area contributed by atoms with Crippen LogP contribution in [0.15, 0.2) is 29.0 Å². The van der Waals surface area contributed by atoms with Gasteiger partial charge in [-0.3, -0.25) is 4.98 Å². The van der Waals surface area contributed by atoms with E-state index >= 15 is 0 Å². The van der Waals surface area contributed by atoms with Crippen LogP contribution >= 0.6 is 0 Å². The molecule has 1 aliphatic carbocycles. The maximum Gasteiger partial charge on any atom is 0.258 e. The summed E-state index contributed by atoms with van der Waals surface area (Å²) in [5, 5.41) is 7.51. The molecule has 3 rings (SSSR count). The number of nitrogens with zero attached hydrogens (tertiary/aromatic N) is 3. The fourth-order valence-corrected chi connectivity index (χ4v) is 2.14. The fourth-order valence-electron chi connectivity index (χ4n) is 2.14. The first kappa shape index (κ1) is 12.3. The van der Waals surface area contributed by atoms with Crippen LogP contribution in [-0.4, -0.2) is 27.7 Å². The standard InChI is InChI=1S/C14H18N4O/c1-10(11-2-3-11)16-9-6-13-17-14(19-18-13)12-4-7-15-8-5-12/h4-5,7-8,10-11,16H,2-3,6,9H2,1H3. The first-order valence-corrected chi connectivity index (χ1v) is 6.79. The van der Waals surface area contributed by atoms with E-state index in [0.29, 0.717) is 11.9 Å². The lowest BCUT2D eigenvalue weighted by atomic mass is 10.2. The van der Waals surface area contributed by atoms with Crippen molar-refractivity contribution in [2.75, 3.05) is 6.54 Å². The summed E-state index contributed by atoms with van der Waals surface area (Å²) >= 11 is 0. The Morgan fingerprint density at radius 1 is 1.37 bits per heavy atom. The average molecular weight is 258 g/mol. The van der Waals surface area contributed by atoms with Crippen LogP contribution in [-0.2, 0) is 6.42 Å². The third-order valence-electron chi connectivity index (χ3n) is 3.54. The zero-order valence-electron chi connectivity index (χ0n) is 11.0. The van der Waals surface area contributed by atoms with Crippen LogP contribution in [0.3, 0.4) is 0 Å². The fraction of sp³-hybridized carbons (Fsp3) is 0.500. The van der Waals surface area contributed by atoms with Crippen LogP contribution in [0.5, 0.6) is 0 Å². The van der Waals surface area contributed by atoms with Crippen LogP contribution in [0.1, 0.15) is 25.6 Å². The van der Waals surface area contributed by atoms with Crippen molar-refractivity contribution in [3.05, 3.63) is 30.4 Å². The monoisotopic (exact) mass is 258 g/mol. The number of rotatable bonds is 6. The van der Waals surface area contributed by atoms with Gasteiger partial charge in [0.15, 0.2) is 5.82 Å². The van der Waals surface area contributed by atoms with Crippen LogP contribution in [0.4, 0.5) is 0 Å². The van der Waals surface area contributed by atoms with E-state index in [1.54, 1.807) is 12.4 Å². The third-order valence-corrected chi connectivity index (χ3v) is 3.54. The lowest BCUT2D eigenvalue weighted by molar-refractivity contribution is 0.419. The van der Waals surface area contributed by atoms with Gasteiger partial charge in [0.1, 0.15) is 0 Å². The maximum absolute atomic E-state index is 5.25. The molecule has 0 aliphatic heterocycles. The predicted molar refractivity (Wildman–Crippen MR) is 71.4 cm³/mol. The van der Waals surface area contributed by atoms with E-state index in [4.69, 9.17) is 4.52 Å². The van der Waals surface area contributed by atoms with Crippen molar-refractivity contribution in [1.29, 1.82) is 0 Å². The van der Waals surface area contributed by atoms with Crippen LogP contribution in [0, 0.1) is 5.92 Å². The molecule has 100 valence electrons. The normalized spacial score (nSPS) is 16.5. The third kappa shape index (κ3) is 3.17. The van der Waals surface area contributed by atoms with Crippen molar-refractivity contribution in [3.63, 3.8) is 0 Å². The molecule has 1 aliphatic rings. The summed E-state index contributed by atoms with van der Waals surface area (Å²) in [5.74, 6) is 2.19. The molecular weight excluding hydrogens is 240 g/mol. The van der Waals surface area contributed by atoms with Crippen molar-refractivity contribution in [2.45, 2.75) is 32.2 Å². The van der Waals surface area contributed by atoms with Gasteiger partial charge >= 0.3 is 0 Å². The van der Waals surface area contributed by atoms with Crippen LogP contribution in [0.2, 0.25) is 0 Å². The Hall–Kier alpha value is -1.75. The van der Waals surface area contributed by atoms with Gasteiger partial charge in [-0.1, -0.05) is 5.16 Å². The lowest BCUT2D eigenvalue weighted by Crippen LogP contribution is -2.29. The van der Waals surface area contributed by atoms with Gasteiger partial charge in [0, 0.05) is 37.0 Å². The second-order valence-corrected chi connectivity index (χ2v) is 5.08. The summed E-state index contributed by atoms with van der Waals surface area (Å²) < 4.78 is 5.25. The number of aromatic nitrogens is 3. The summed E-state index contributed by atoms with van der Waals surface area (Å²) in [5.41, 5.74) is 0.910. The highest BCUT2D eigenvalue weighted by Gasteiger charge is 2.27. The quantitative estimate of drug-likeness (QED) is 0.859. The molecule has 5 nitrogen and oxygen atoms in total. The molecule has 1 N–H and O–H groups in total. The molecule has 0 spiro atoms. The summed E-state index contributed by atoms with van der Waals surface area (Å²) in [6, 6.07) is 4.33. The number of pyridine rings is 1. The molecule has 19 heavy (non-hydrogen) atoms. The number of hydrogen-bond acceptors (Lipinski definition) is 5. The number of nitrogens with one attached hydrogen (secondary N) is 1. The maximum atomic E-state index is 5.25. The van der Waals surface area contributed by atoms with E-state index in [1.165, 1.54) is 12.8 Å². The molecule has 2 heterocycles. The molecule has 1 fully saturated rings. The van der Waals surface area contributed by atoms with Crippen LogP contribution in [0.25, 0.3) is 11.5 Å². The molecule has 0 bridgehead atoms. The second kappa shape index (κ2) is 5.48. The molecular formula is C14H18N4O. The summed E-state index contributed by atoms with van der Waals surface area (Å²) in [4.78, 5) is 8.36. The minimum Gasteiger partial charge on any atom is -0.334 e. The van der Waals surface area contributed by atoms with Crippen LogP contribution < -0.4 is 5.32 Å². The van der Waals surface area contributed by atoms with Crippen molar-refractivity contribution < 1.29 is 4.52 Å². The molecule has 0 radical (unpaired) electrons. The highest BCUT2D eigenvalue weighted by Crippen LogP contribution is 2.32. The van der Waals surface area contributed by atoms with Crippen molar-refractivity contribution in [1.82, 2.24) is 20.4 Å². The Morgan fingerprint density at radius 3 is 2.89 bits per heavy atom. The predicted octanol–water partition coefficient (Wildman–Crippen LogP) is 2.06. The molecule has 1 saturated carbocycles. The van der Waals surface area contributed by atoms with E-state index in [2.05, 4.69) is 27.4 Å². The molecule has 5 heteroatoms. The van der Waals surface area contributed by atoms with Gasteiger partial charge in [0.05, 0.1) is 0 Å². The van der Waals surface area contributed by atoms with Gasteiger partial charge in [-0.05, 0) is 37.8 Å². The Labute approximate surface area is 112 Å². The van der Waals surface area contributed by atoms with Crippen molar-refractivity contribution in [2.24, 2.45) is 5.92 Å². The van der Waals surface area contributed by atoms with E-state index in [-0.39, 0.29) is 0 Å². The van der Waals surface area contributed by atoms with Gasteiger partial charge < -0.3 is 9.84 Å². The zero-order valence-corrected chi connectivity index (χ0v) is 11.0. The second-order valence-electron chi connectivity index (χ2n) is 5.08. The first-order chi connectivity index (χ1) is 9.33. The van der Waals surface area contributed by atoms with Gasteiger partial charge in [0.25, 0.3) is 5.89 Å². The van der Waals surface area contributed by atoms with Gasteiger partial charge in [-0.15, -0.1) is 0 Å². The van der Waals surface area contributed by atoms with E-state index in [9.17, 15) is 0 Å². The van der Waals surface area contributed by atoms with Gasteiger partial charge in [-0.25, -0.2) is 0 Å². The van der Waals surface area contributed by atoms with Gasteiger partial charge in [0.2, 0.25) is 0 Å². The molecule has 0 amide bonds. The Morgan fingerprint density at radius 2 is 2.16 bits per heavy atom. The minimum atomic E-state index is 0.563. The average Bonchev–Trinajstić information content (AvgIpc) is 3.20. The summed E-state index contributed by atoms with van der Waals surface area (Å²) in [6.45, 7) is 3.14. The molecule has 0 aromatic carbocycles. The van der Waals surface area contributed by atoms with Crippen molar-refractivity contribution >= 4 is 0 Å². The minimum absolute atomic E-state index is 0.563. The summed E-state index contributed by atoms with van der Waals surface area (Å²) in [7, 11) is 0. The molecule has 2 aromatic rings. The number of hydrogen-bond donors (Lipinski definition) is 1. The SMILES string of the molecule is CC(NCCc1noc(-c2ccncc2)n1)C1CC1. The molecule has 1 atom stereocenters. The highest BCUT2D eigenvalue weighted by molar-refractivity contribution is 5.50. The lowest BCUT2D eigenvalue weighted by Gasteiger charge is -2.10. The highest BCUT2D eigenvalue weighted by atomic mass is 16.5. The van der Waals surface area contributed by atoms with Crippen molar-refractivity contribution in [3.8, 4) is 11.5 Å². The molecule has 0 saturated heterocycles. The largest absolute Gasteiger partial charge is 0.334 e. The smallest absolute Gasteiger partial charge is 0.258 e. The van der Waals surface area contributed by atoms with Gasteiger partial charge in [-0.2, -0.15) is 4.98 Å².